The predicted octanol–water partition coefficient (Wildman–Crippen LogP) is 3.25. The van der Waals surface area contributed by atoms with E-state index >= 15 is 0 Å². The quantitative estimate of drug-likeness (QED) is 0.833. The summed E-state index contributed by atoms with van der Waals surface area (Å²) in [5.41, 5.74) is 1.12. The number of hydrogen-bond acceptors (Lipinski definition) is 2. The molecule has 1 rings (SSSR count). The molecule has 1 unspecified atom stereocenters. The lowest BCUT2D eigenvalue weighted by Crippen LogP contribution is -2.34. The molecule has 0 bridgehead atoms. The van der Waals surface area contributed by atoms with Gasteiger partial charge >= 0.3 is 0 Å². The molecule has 106 valence electrons. The van der Waals surface area contributed by atoms with Crippen molar-refractivity contribution in [2.45, 2.75) is 32.2 Å². The summed E-state index contributed by atoms with van der Waals surface area (Å²) in [6.45, 7) is 2.69. The van der Waals surface area contributed by atoms with E-state index in [4.69, 9.17) is 11.6 Å². The third kappa shape index (κ3) is 5.62. The topological polar surface area (TPSA) is 32.3 Å². The lowest BCUT2D eigenvalue weighted by atomic mass is 10.1. The van der Waals surface area contributed by atoms with Crippen molar-refractivity contribution >= 4 is 17.5 Å². The van der Waals surface area contributed by atoms with Gasteiger partial charge < -0.3 is 10.2 Å². The lowest BCUT2D eigenvalue weighted by Gasteiger charge is -2.25. The fourth-order valence-electron chi connectivity index (χ4n) is 1.95. The number of likely N-dealkylation sites (N-methyl/N-ethyl adjacent to an activating group) is 1. The molecule has 0 aliphatic carbocycles. The molecule has 1 N–H and O–H groups in total. The molecule has 0 aliphatic heterocycles. The number of amides is 1. The first-order valence-electron chi connectivity index (χ1n) is 6.73. The number of nitrogens with one attached hydrogen (secondary N) is 1. The predicted molar refractivity (Wildman–Crippen MR) is 80.4 cm³/mol. The Balaban J connectivity index is 2.61. The van der Waals surface area contributed by atoms with E-state index in [0.29, 0.717) is 13.0 Å². The van der Waals surface area contributed by atoms with E-state index in [0.717, 1.165) is 23.4 Å². The van der Waals surface area contributed by atoms with E-state index in [1.54, 1.807) is 0 Å². The smallest absolute Gasteiger partial charge is 0.220 e. The summed E-state index contributed by atoms with van der Waals surface area (Å²) in [6, 6.07) is 7.92. The second-order valence-corrected chi connectivity index (χ2v) is 5.38. The molecule has 3 nitrogen and oxygen atoms in total. The van der Waals surface area contributed by atoms with Crippen LogP contribution in [0.15, 0.2) is 24.3 Å². The van der Waals surface area contributed by atoms with Crippen molar-refractivity contribution in [2.75, 3.05) is 20.6 Å². The first-order valence-corrected chi connectivity index (χ1v) is 7.11. The Morgan fingerprint density at radius 2 is 2.16 bits per heavy atom. The third-order valence-corrected chi connectivity index (χ3v) is 3.34. The number of hydrogen-bond donors (Lipinski definition) is 1. The highest BCUT2D eigenvalue weighted by Crippen LogP contribution is 2.20. The molecule has 0 aliphatic rings. The molecule has 0 spiro atoms. The maximum Gasteiger partial charge on any atom is 0.220 e. The number of halogens is 1. The largest absolute Gasteiger partial charge is 0.354 e. The van der Waals surface area contributed by atoms with E-state index in [1.807, 2.05) is 38.4 Å². The molecule has 0 saturated carbocycles. The molecule has 0 radical (unpaired) electrons. The van der Waals surface area contributed by atoms with Crippen LogP contribution in [0.4, 0.5) is 0 Å². The van der Waals surface area contributed by atoms with Crippen molar-refractivity contribution in [3.63, 3.8) is 0 Å². The summed E-state index contributed by atoms with van der Waals surface area (Å²) in [4.78, 5) is 13.8. The number of unbranched alkanes of at least 4 members (excludes halogenated alkanes) is 1. The minimum atomic E-state index is 0.121. The van der Waals surface area contributed by atoms with Crippen LogP contribution in [-0.4, -0.2) is 31.4 Å². The summed E-state index contributed by atoms with van der Waals surface area (Å²) in [5, 5.41) is 3.72. The van der Waals surface area contributed by atoms with Gasteiger partial charge in [0.2, 0.25) is 5.91 Å². The van der Waals surface area contributed by atoms with Gasteiger partial charge in [0.05, 0.1) is 6.04 Å². The minimum absolute atomic E-state index is 0.121. The van der Waals surface area contributed by atoms with Crippen LogP contribution >= 0.6 is 11.6 Å². The Bertz CT molecular complexity index is 407. The summed E-state index contributed by atoms with van der Waals surface area (Å²) in [5.74, 6) is 0.121. The average molecular weight is 283 g/mol. The van der Waals surface area contributed by atoms with Crippen LogP contribution in [-0.2, 0) is 4.79 Å². The molecule has 1 amide bonds. The minimum Gasteiger partial charge on any atom is -0.354 e. The number of rotatable bonds is 7. The number of benzene rings is 1. The average Bonchev–Trinajstić information content (AvgIpc) is 2.36. The Hall–Kier alpha value is -1.06. The maximum atomic E-state index is 11.7. The van der Waals surface area contributed by atoms with Crippen LogP contribution in [0.2, 0.25) is 5.02 Å². The van der Waals surface area contributed by atoms with Crippen molar-refractivity contribution in [2.24, 2.45) is 0 Å². The Morgan fingerprint density at radius 3 is 2.74 bits per heavy atom. The molecule has 1 atom stereocenters. The van der Waals surface area contributed by atoms with E-state index in [2.05, 4.69) is 17.1 Å². The van der Waals surface area contributed by atoms with Gasteiger partial charge in [0.15, 0.2) is 0 Å². The van der Waals surface area contributed by atoms with Crippen LogP contribution in [0.1, 0.15) is 37.8 Å². The number of carbonyl (C=O) groups excluding carboxylic acids is 1. The Morgan fingerprint density at radius 1 is 1.42 bits per heavy atom. The van der Waals surface area contributed by atoms with Gasteiger partial charge in [-0.25, -0.2) is 0 Å². The molecule has 0 aromatic heterocycles. The highest BCUT2D eigenvalue weighted by Gasteiger charge is 2.15. The molecule has 0 saturated heterocycles. The van der Waals surface area contributed by atoms with Gasteiger partial charge in [-0.3, -0.25) is 4.79 Å². The van der Waals surface area contributed by atoms with Gasteiger partial charge in [0, 0.05) is 18.0 Å². The SMILES string of the molecule is CCCCC(=O)NCC(c1cccc(Cl)c1)N(C)C. The first-order chi connectivity index (χ1) is 9.04. The highest BCUT2D eigenvalue weighted by molar-refractivity contribution is 6.30. The van der Waals surface area contributed by atoms with Gasteiger partial charge in [0.1, 0.15) is 0 Å². The van der Waals surface area contributed by atoms with Crippen molar-refractivity contribution in [1.29, 1.82) is 0 Å². The van der Waals surface area contributed by atoms with Crippen molar-refractivity contribution in [3.8, 4) is 0 Å². The van der Waals surface area contributed by atoms with Crippen molar-refractivity contribution in [3.05, 3.63) is 34.9 Å². The number of nitrogens with zero attached hydrogens (tertiary/aromatic N) is 1. The zero-order valence-corrected chi connectivity index (χ0v) is 12.7. The second kappa shape index (κ2) is 8.18. The van der Waals surface area contributed by atoms with E-state index in [-0.39, 0.29) is 11.9 Å². The number of carbonyl (C=O) groups is 1. The summed E-state index contributed by atoms with van der Waals surface area (Å²) < 4.78 is 0. The molecular formula is C15H23ClN2O. The molecule has 1 aromatic carbocycles. The van der Waals surface area contributed by atoms with E-state index in [1.165, 1.54) is 0 Å². The molecular weight excluding hydrogens is 260 g/mol. The zero-order valence-electron chi connectivity index (χ0n) is 11.9. The first kappa shape index (κ1) is 16.0. The maximum absolute atomic E-state index is 11.7. The van der Waals surface area contributed by atoms with Crippen LogP contribution in [0.25, 0.3) is 0 Å². The molecule has 19 heavy (non-hydrogen) atoms. The molecule has 0 fully saturated rings. The van der Waals surface area contributed by atoms with Gasteiger partial charge in [-0.15, -0.1) is 0 Å². The van der Waals surface area contributed by atoms with Gasteiger partial charge in [-0.05, 0) is 38.2 Å². The monoisotopic (exact) mass is 282 g/mol. The molecule has 0 heterocycles. The fraction of sp³-hybridized carbons (Fsp3) is 0.533. The van der Waals surface area contributed by atoms with Crippen molar-refractivity contribution < 1.29 is 4.79 Å². The second-order valence-electron chi connectivity index (χ2n) is 4.94. The van der Waals surface area contributed by atoms with E-state index in [9.17, 15) is 4.79 Å². The third-order valence-electron chi connectivity index (χ3n) is 3.11. The lowest BCUT2D eigenvalue weighted by molar-refractivity contribution is -0.121. The normalized spacial score (nSPS) is 12.5. The van der Waals surface area contributed by atoms with Crippen LogP contribution in [0.3, 0.4) is 0 Å². The van der Waals surface area contributed by atoms with Crippen LogP contribution in [0.5, 0.6) is 0 Å². The summed E-state index contributed by atoms with van der Waals surface area (Å²) >= 11 is 6.02. The summed E-state index contributed by atoms with van der Waals surface area (Å²) in [6.07, 6.45) is 2.58. The Kier molecular flexibility index (Phi) is 6.89. The van der Waals surface area contributed by atoms with E-state index < -0.39 is 0 Å². The van der Waals surface area contributed by atoms with Gasteiger partial charge in [0.25, 0.3) is 0 Å². The molecule has 1 aromatic rings. The van der Waals surface area contributed by atoms with Gasteiger partial charge in [-0.2, -0.15) is 0 Å². The van der Waals surface area contributed by atoms with Crippen molar-refractivity contribution in [1.82, 2.24) is 10.2 Å². The standard InChI is InChI=1S/C15H23ClN2O/c1-4-5-9-15(19)17-11-14(18(2)3)12-7-6-8-13(16)10-12/h6-8,10,14H,4-5,9,11H2,1-3H3,(H,17,19). The van der Waals surface area contributed by atoms with Crippen LogP contribution < -0.4 is 5.32 Å². The fourth-order valence-corrected chi connectivity index (χ4v) is 2.15. The van der Waals surface area contributed by atoms with Crippen LogP contribution in [0, 0.1) is 0 Å². The summed E-state index contributed by atoms with van der Waals surface area (Å²) in [7, 11) is 4.01. The molecule has 4 heteroatoms. The van der Waals surface area contributed by atoms with Gasteiger partial charge in [-0.1, -0.05) is 37.1 Å². The Labute approximate surface area is 120 Å². The highest BCUT2D eigenvalue weighted by atomic mass is 35.5. The zero-order chi connectivity index (χ0) is 14.3.